The smallest absolute Gasteiger partial charge is 0.313 e. The zero-order valence-corrected chi connectivity index (χ0v) is 11.6. The maximum Gasteiger partial charge on any atom is 0.313 e. The van der Waals surface area contributed by atoms with E-state index in [9.17, 15) is 18.9 Å². The highest BCUT2D eigenvalue weighted by Gasteiger charge is 2.16. The van der Waals surface area contributed by atoms with E-state index in [1.807, 2.05) is 0 Å². The topological polar surface area (TPSA) is 52.4 Å². The van der Waals surface area contributed by atoms with Crippen LogP contribution in [-0.4, -0.2) is 4.92 Å². The molecule has 0 unspecified atom stereocenters. The number of nitrogens with zero attached hydrogens (tertiary/aromatic N) is 1. The SMILES string of the molecule is O=[N+]([O-])c1cc(F)ccc1OCc1cc(F)cc(Br)c1. The highest BCUT2D eigenvalue weighted by atomic mass is 79.9. The standard InChI is InChI=1S/C13H8BrF2NO3/c14-9-3-8(4-11(16)5-9)7-20-13-2-1-10(15)6-12(13)17(18)19/h1-6H,7H2. The van der Waals surface area contributed by atoms with Gasteiger partial charge in [-0.3, -0.25) is 10.1 Å². The van der Waals surface area contributed by atoms with Crippen LogP contribution in [0.2, 0.25) is 0 Å². The number of nitro benzene ring substituents is 1. The van der Waals surface area contributed by atoms with Crippen molar-refractivity contribution in [2.24, 2.45) is 0 Å². The Morgan fingerprint density at radius 3 is 2.55 bits per heavy atom. The van der Waals surface area contributed by atoms with Gasteiger partial charge in [0.15, 0.2) is 5.75 Å². The normalized spacial score (nSPS) is 10.3. The highest BCUT2D eigenvalue weighted by molar-refractivity contribution is 9.10. The van der Waals surface area contributed by atoms with Gasteiger partial charge in [0.2, 0.25) is 0 Å². The molecule has 0 amide bonds. The van der Waals surface area contributed by atoms with Crippen LogP contribution >= 0.6 is 15.9 Å². The largest absolute Gasteiger partial charge is 0.482 e. The summed E-state index contributed by atoms with van der Waals surface area (Å²) in [7, 11) is 0. The van der Waals surface area contributed by atoms with Gasteiger partial charge in [-0.1, -0.05) is 15.9 Å². The van der Waals surface area contributed by atoms with Crippen molar-refractivity contribution in [3.8, 4) is 5.75 Å². The molecule has 2 rings (SSSR count). The Labute approximate surface area is 121 Å². The molecule has 104 valence electrons. The summed E-state index contributed by atoms with van der Waals surface area (Å²) in [6.07, 6.45) is 0. The summed E-state index contributed by atoms with van der Waals surface area (Å²) < 4.78 is 31.9. The third-order valence-corrected chi connectivity index (χ3v) is 2.89. The van der Waals surface area contributed by atoms with Crippen LogP contribution in [0.25, 0.3) is 0 Å². The lowest BCUT2D eigenvalue weighted by Gasteiger charge is -2.07. The molecule has 2 aromatic carbocycles. The molecule has 7 heteroatoms. The van der Waals surface area contributed by atoms with Crippen molar-refractivity contribution in [2.45, 2.75) is 6.61 Å². The lowest BCUT2D eigenvalue weighted by Crippen LogP contribution is -2.00. The Morgan fingerprint density at radius 2 is 1.90 bits per heavy atom. The molecule has 0 saturated heterocycles. The average Bonchev–Trinajstić information content (AvgIpc) is 2.36. The lowest BCUT2D eigenvalue weighted by atomic mass is 10.2. The summed E-state index contributed by atoms with van der Waals surface area (Å²) in [4.78, 5) is 10.0. The zero-order valence-electron chi connectivity index (χ0n) is 9.98. The highest BCUT2D eigenvalue weighted by Crippen LogP contribution is 2.28. The van der Waals surface area contributed by atoms with Crippen molar-refractivity contribution < 1.29 is 18.4 Å². The van der Waals surface area contributed by atoms with E-state index >= 15 is 0 Å². The summed E-state index contributed by atoms with van der Waals surface area (Å²) in [6, 6.07) is 7.16. The minimum Gasteiger partial charge on any atom is -0.482 e. The van der Waals surface area contributed by atoms with Crippen molar-refractivity contribution in [1.29, 1.82) is 0 Å². The molecule has 0 saturated carbocycles. The first-order valence-corrected chi connectivity index (χ1v) is 6.27. The van der Waals surface area contributed by atoms with Crippen molar-refractivity contribution in [1.82, 2.24) is 0 Å². The molecule has 0 atom stereocenters. The van der Waals surface area contributed by atoms with Gasteiger partial charge in [0.05, 0.1) is 11.0 Å². The van der Waals surface area contributed by atoms with Gasteiger partial charge in [0.1, 0.15) is 18.2 Å². The molecule has 0 N–H and O–H groups in total. The fourth-order valence-corrected chi connectivity index (χ4v) is 2.12. The Bertz CT molecular complexity index is 644. The van der Waals surface area contributed by atoms with Gasteiger partial charge in [0.25, 0.3) is 0 Å². The van der Waals surface area contributed by atoms with Crippen molar-refractivity contribution in [2.75, 3.05) is 0 Å². The minimum atomic E-state index is -0.736. The first-order chi connectivity index (χ1) is 9.45. The van der Waals surface area contributed by atoms with E-state index in [2.05, 4.69) is 15.9 Å². The van der Waals surface area contributed by atoms with Crippen LogP contribution in [0.5, 0.6) is 5.75 Å². The van der Waals surface area contributed by atoms with Crippen molar-refractivity contribution >= 4 is 21.6 Å². The van der Waals surface area contributed by atoms with Crippen LogP contribution in [0.4, 0.5) is 14.5 Å². The van der Waals surface area contributed by atoms with Gasteiger partial charge in [-0.15, -0.1) is 0 Å². The van der Waals surface area contributed by atoms with Crippen LogP contribution in [0.1, 0.15) is 5.56 Å². The molecule has 0 bridgehead atoms. The number of halogens is 3. The van der Waals surface area contributed by atoms with Gasteiger partial charge in [-0.05, 0) is 35.9 Å². The lowest BCUT2D eigenvalue weighted by molar-refractivity contribution is -0.386. The molecule has 0 radical (unpaired) electrons. The second-order valence-electron chi connectivity index (χ2n) is 3.94. The quantitative estimate of drug-likeness (QED) is 0.617. The van der Waals surface area contributed by atoms with Gasteiger partial charge in [-0.25, -0.2) is 8.78 Å². The molecule has 0 aliphatic heterocycles. The molecular formula is C13H8BrF2NO3. The van der Waals surface area contributed by atoms with Crippen LogP contribution < -0.4 is 4.74 Å². The first-order valence-electron chi connectivity index (χ1n) is 5.47. The molecule has 0 aliphatic carbocycles. The third kappa shape index (κ3) is 3.51. The van der Waals surface area contributed by atoms with E-state index in [0.717, 1.165) is 12.1 Å². The van der Waals surface area contributed by atoms with E-state index in [0.29, 0.717) is 10.0 Å². The van der Waals surface area contributed by atoms with E-state index in [1.165, 1.54) is 18.2 Å². The number of ether oxygens (including phenoxy) is 1. The maximum atomic E-state index is 13.2. The molecule has 0 spiro atoms. The number of hydrogen-bond donors (Lipinski definition) is 0. The third-order valence-electron chi connectivity index (χ3n) is 2.43. The minimum absolute atomic E-state index is 0.0666. The molecule has 0 fully saturated rings. The number of hydrogen-bond acceptors (Lipinski definition) is 3. The predicted octanol–water partition coefficient (Wildman–Crippen LogP) is 4.21. The van der Waals surface area contributed by atoms with Crippen LogP contribution in [0.3, 0.4) is 0 Å². The summed E-state index contributed by atoms with van der Waals surface area (Å²) in [6.45, 7) is -0.0666. The maximum absolute atomic E-state index is 13.2. The number of benzene rings is 2. The predicted molar refractivity (Wildman–Crippen MR) is 71.5 cm³/mol. The Kier molecular flexibility index (Phi) is 4.29. The monoisotopic (exact) mass is 343 g/mol. The Morgan fingerprint density at radius 1 is 1.15 bits per heavy atom. The summed E-state index contributed by atoms with van der Waals surface area (Å²) in [5.74, 6) is -1.25. The van der Waals surface area contributed by atoms with Crippen molar-refractivity contribution in [3.05, 3.63) is 68.2 Å². The average molecular weight is 344 g/mol. The van der Waals surface area contributed by atoms with E-state index in [1.54, 1.807) is 6.07 Å². The van der Waals surface area contributed by atoms with Gasteiger partial charge in [-0.2, -0.15) is 0 Å². The Hall–Kier alpha value is -2.02. The van der Waals surface area contributed by atoms with Gasteiger partial charge >= 0.3 is 5.69 Å². The molecule has 4 nitrogen and oxygen atoms in total. The summed E-state index contributed by atoms with van der Waals surface area (Å²) in [5.41, 5.74) is 0.0240. The van der Waals surface area contributed by atoms with Gasteiger partial charge < -0.3 is 4.74 Å². The van der Waals surface area contributed by atoms with E-state index in [-0.39, 0.29) is 12.4 Å². The molecule has 2 aromatic rings. The van der Waals surface area contributed by atoms with E-state index < -0.39 is 22.2 Å². The first kappa shape index (κ1) is 14.4. The summed E-state index contributed by atoms with van der Waals surface area (Å²) in [5, 5.41) is 10.8. The molecule has 0 aliphatic rings. The van der Waals surface area contributed by atoms with Crippen molar-refractivity contribution in [3.63, 3.8) is 0 Å². The second kappa shape index (κ2) is 5.96. The zero-order chi connectivity index (χ0) is 14.7. The molecule has 0 heterocycles. The fraction of sp³-hybridized carbons (Fsp3) is 0.0769. The molecule has 20 heavy (non-hydrogen) atoms. The van der Waals surface area contributed by atoms with E-state index in [4.69, 9.17) is 4.74 Å². The van der Waals surface area contributed by atoms with Gasteiger partial charge in [0, 0.05) is 4.47 Å². The molecule has 0 aromatic heterocycles. The summed E-state index contributed by atoms with van der Waals surface area (Å²) >= 11 is 3.13. The van der Waals surface area contributed by atoms with Crippen LogP contribution in [0.15, 0.2) is 40.9 Å². The Balaban J connectivity index is 2.20. The number of nitro groups is 1. The van der Waals surface area contributed by atoms with Crippen LogP contribution in [-0.2, 0) is 6.61 Å². The second-order valence-corrected chi connectivity index (χ2v) is 4.85. The molecular weight excluding hydrogens is 336 g/mol. The van der Waals surface area contributed by atoms with Crippen LogP contribution in [0, 0.1) is 21.7 Å². The fourth-order valence-electron chi connectivity index (χ4n) is 1.61. The number of rotatable bonds is 4.